The van der Waals surface area contributed by atoms with Gasteiger partial charge in [0.15, 0.2) is 0 Å². The molecule has 0 radical (unpaired) electrons. The molecule has 136 valence electrons. The second-order valence-corrected chi connectivity index (χ2v) is 9.01. The van der Waals surface area contributed by atoms with Crippen LogP contribution in [0.3, 0.4) is 0 Å². The van der Waals surface area contributed by atoms with Gasteiger partial charge in [-0.1, -0.05) is 12.8 Å². The first-order valence-electron chi connectivity index (χ1n) is 9.46. The molecule has 2 amide bonds. The van der Waals surface area contributed by atoms with Gasteiger partial charge in [-0.2, -0.15) is 0 Å². The average Bonchev–Trinajstić information content (AvgIpc) is 3.27. The maximum atomic E-state index is 13.3. The van der Waals surface area contributed by atoms with Gasteiger partial charge >= 0.3 is 0 Å². The monoisotopic (exact) mass is 361 g/mol. The van der Waals surface area contributed by atoms with E-state index in [1.165, 1.54) is 19.3 Å². The van der Waals surface area contributed by atoms with Crippen LogP contribution in [-0.2, 0) is 4.79 Å². The fraction of sp³-hybridized carbons (Fsp3) is 0.684. The predicted octanol–water partition coefficient (Wildman–Crippen LogP) is 2.12. The van der Waals surface area contributed by atoms with E-state index >= 15 is 0 Å². The number of rotatable bonds is 2. The van der Waals surface area contributed by atoms with Crippen molar-refractivity contribution in [3.63, 3.8) is 0 Å². The molecule has 1 aromatic rings. The first-order chi connectivity index (χ1) is 12.1. The van der Waals surface area contributed by atoms with Crippen molar-refractivity contribution in [2.45, 2.75) is 32.6 Å². The summed E-state index contributed by atoms with van der Waals surface area (Å²) in [5, 5.41) is 3.47. The standard InChI is InChI=1S/C19H27N3O2S/c1-14-5-6-16(25-14)17(23)21-8-10-22(11-9-21)18(24)19-7-3-2-4-15(19)12-20-13-19/h5-6,15,20H,2-4,7-13H2,1H3/t15-,19+/m0/s1. The van der Waals surface area contributed by atoms with Crippen LogP contribution in [-0.4, -0.2) is 60.9 Å². The number of carbonyl (C=O) groups excluding carboxylic acids is 2. The van der Waals surface area contributed by atoms with Crippen molar-refractivity contribution >= 4 is 23.2 Å². The lowest BCUT2D eigenvalue weighted by Gasteiger charge is -2.43. The Morgan fingerprint density at radius 1 is 1.16 bits per heavy atom. The molecule has 2 aliphatic heterocycles. The fourth-order valence-corrected chi connectivity index (χ4v) is 5.64. The number of aryl methyl sites for hydroxylation is 1. The Morgan fingerprint density at radius 2 is 1.92 bits per heavy atom. The Morgan fingerprint density at radius 3 is 2.64 bits per heavy atom. The minimum Gasteiger partial charge on any atom is -0.339 e. The molecular formula is C19H27N3O2S. The van der Waals surface area contributed by atoms with Crippen LogP contribution >= 0.6 is 11.3 Å². The summed E-state index contributed by atoms with van der Waals surface area (Å²) in [6.07, 6.45) is 4.62. The summed E-state index contributed by atoms with van der Waals surface area (Å²) in [7, 11) is 0. The molecular weight excluding hydrogens is 334 g/mol. The fourth-order valence-electron chi connectivity index (χ4n) is 4.80. The quantitative estimate of drug-likeness (QED) is 0.878. The topological polar surface area (TPSA) is 52.7 Å². The summed E-state index contributed by atoms with van der Waals surface area (Å²) in [5.74, 6) is 0.949. The van der Waals surface area contributed by atoms with Gasteiger partial charge in [0, 0.05) is 37.6 Å². The third kappa shape index (κ3) is 2.99. The Labute approximate surface area is 153 Å². The molecule has 3 fully saturated rings. The Kier molecular flexibility index (Phi) is 4.58. The lowest BCUT2D eigenvalue weighted by atomic mass is 9.67. The Hall–Kier alpha value is -1.40. The number of carbonyl (C=O) groups is 2. The smallest absolute Gasteiger partial charge is 0.264 e. The molecule has 3 aliphatic rings. The summed E-state index contributed by atoms with van der Waals surface area (Å²) in [6.45, 7) is 6.48. The molecule has 0 spiro atoms. The van der Waals surface area contributed by atoms with Gasteiger partial charge in [-0.05, 0) is 44.4 Å². The second-order valence-electron chi connectivity index (χ2n) is 7.72. The molecule has 1 saturated carbocycles. The van der Waals surface area contributed by atoms with Crippen molar-refractivity contribution in [3.05, 3.63) is 21.9 Å². The summed E-state index contributed by atoms with van der Waals surface area (Å²) in [5.41, 5.74) is -0.171. The van der Waals surface area contributed by atoms with Crippen molar-refractivity contribution in [1.29, 1.82) is 0 Å². The molecule has 2 atom stereocenters. The van der Waals surface area contributed by atoms with Crippen LogP contribution in [0.4, 0.5) is 0 Å². The largest absolute Gasteiger partial charge is 0.339 e. The lowest BCUT2D eigenvalue weighted by molar-refractivity contribution is -0.146. The number of fused-ring (bicyclic) bond motifs is 1. The van der Waals surface area contributed by atoms with Gasteiger partial charge in [0.1, 0.15) is 0 Å². The van der Waals surface area contributed by atoms with Crippen LogP contribution in [0.5, 0.6) is 0 Å². The van der Waals surface area contributed by atoms with Crippen LogP contribution in [0.25, 0.3) is 0 Å². The van der Waals surface area contributed by atoms with E-state index in [2.05, 4.69) is 5.32 Å². The zero-order chi connectivity index (χ0) is 17.4. The van der Waals surface area contributed by atoms with Gasteiger partial charge in [-0.3, -0.25) is 9.59 Å². The number of amides is 2. The van der Waals surface area contributed by atoms with Crippen molar-refractivity contribution in [3.8, 4) is 0 Å². The average molecular weight is 362 g/mol. The second kappa shape index (κ2) is 6.72. The SMILES string of the molecule is Cc1ccc(C(=O)N2CCN(C(=O)[C@@]34CCCC[C@H]3CNC4)CC2)s1. The van der Waals surface area contributed by atoms with E-state index in [0.717, 1.165) is 29.3 Å². The van der Waals surface area contributed by atoms with Gasteiger partial charge in [-0.15, -0.1) is 11.3 Å². The van der Waals surface area contributed by atoms with Gasteiger partial charge in [0.2, 0.25) is 5.91 Å². The van der Waals surface area contributed by atoms with E-state index < -0.39 is 0 Å². The van der Waals surface area contributed by atoms with Crippen molar-refractivity contribution in [1.82, 2.24) is 15.1 Å². The molecule has 1 N–H and O–H groups in total. The molecule has 2 saturated heterocycles. The van der Waals surface area contributed by atoms with E-state index in [1.807, 2.05) is 28.9 Å². The zero-order valence-corrected chi connectivity index (χ0v) is 15.7. The first-order valence-corrected chi connectivity index (χ1v) is 10.3. The van der Waals surface area contributed by atoms with Gasteiger partial charge in [0.25, 0.3) is 5.91 Å². The van der Waals surface area contributed by atoms with Crippen LogP contribution in [0, 0.1) is 18.3 Å². The van der Waals surface area contributed by atoms with E-state index in [0.29, 0.717) is 38.0 Å². The molecule has 1 aromatic heterocycles. The van der Waals surface area contributed by atoms with Crippen LogP contribution in [0.1, 0.15) is 40.2 Å². The first kappa shape index (κ1) is 17.0. The molecule has 6 heteroatoms. The van der Waals surface area contributed by atoms with Crippen LogP contribution in [0.15, 0.2) is 12.1 Å². The maximum absolute atomic E-state index is 13.3. The Balaban J connectivity index is 1.40. The zero-order valence-electron chi connectivity index (χ0n) is 14.9. The number of nitrogens with one attached hydrogen (secondary N) is 1. The minimum atomic E-state index is -0.171. The number of hydrogen-bond acceptors (Lipinski definition) is 4. The van der Waals surface area contributed by atoms with Gasteiger partial charge < -0.3 is 15.1 Å². The van der Waals surface area contributed by atoms with E-state index in [9.17, 15) is 9.59 Å². The van der Waals surface area contributed by atoms with E-state index in [1.54, 1.807) is 11.3 Å². The normalized spacial score (nSPS) is 29.6. The van der Waals surface area contributed by atoms with E-state index in [4.69, 9.17) is 0 Å². The Bertz CT molecular complexity index is 665. The number of thiophene rings is 1. The van der Waals surface area contributed by atoms with Crippen LogP contribution in [0.2, 0.25) is 0 Å². The van der Waals surface area contributed by atoms with Crippen molar-refractivity contribution in [2.24, 2.45) is 11.3 Å². The van der Waals surface area contributed by atoms with Gasteiger partial charge in [-0.25, -0.2) is 0 Å². The molecule has 0 bridgehead atoms. The highest BCUT2D eigenvalue weighted by Crippen LogP contribution is 2.45. The van der Waals surface area contributed by atoms with Crippen molar-refractivity contribution < 1.29 is 9.59 Å². The summed E-state index contributed by atoms with van der Waals surface area (Å²) >= 11 is 1.55. The highest BCUT2D eigenvalue weighted by atomic mass is 32.1. The van der Waals surface area contributed by atoms with Crippen molar-refractivity contribution in [2.75, 3.05) is 39.3 Å². The lowest BCUT2D eigenvalue weighted by Crippen LogP contribution is -2.56. The molecule has 4 rings (SSSR count). The number of piperazine rings is 1. The minimum absolute atomic E-state index is 0.112. The highest BCUT2D eigenvalue weighted by molar-refractivity contribution is 7.13. The van der Waals surface area contributed by atoms with E-state index in [-0.39, 0.29) is 11.3 Å². The molecule has 0 unspecified atom stereocenters. The third-order valence-corrected chi connectivity index (χ3v) is 7.26. The summed E-state index contributed by atoms with van der Waals surface area (Å²) in [4.78, 5) is 31.8. The summed E-state index contributed by atoms with van der Waals surface area (Å²) in [6, 6.07) is 3.91. The van der Waals surface area contributed by atoms with Crippen LogP contribution < -0.4 is 5.32 Å². The molecule has 0 aromatic carbocycles. The number of hydrogen-bond donors (Lipinski definition) is 1. The molecule has 3 heterocycles. The molecule has 5 nitrogen and oxygen atoms in total. The van der Waals surface area contributed by atoms with Gasteiger partial charge in [0.05, 0.1) is 10.3 Å². The molecule has 25 heavy (non-hydrogen) atoms. The number of nitrogens with zero attached hydrogens (tertiary/aromatic N) is 2. The maximum Gasteiger partial charge on any atom is 0.264 e. The third-order valence-electron chi connectivity index (χ3n) is 6.27. The molecule has 1 aliphatic carbocycles. The predicted molar refractivity (Wildman–Crippen MR) is 98.8 cm³/mol. The summed E-state index contributed by atoms with van der Waals surface area (Å²) < 4.78 is 0. The highest BCUT2D eigenvalue weighted by Gasteiger charge is 2.51.